The van der Waals surface area contributed by atoms with Crippen molar-refractivity contribution in [2.75, 3.05) is 12.9 Å². The highest BCUT2D eigenvalue weighted by atomic mass is 35.5. The number of cyclic esters (lactones) is 1. The van der Waals surface area contributed by atoms with Crippen LogP contribution in [0.15, 0.2) is 36.1 Å². The SMILES string of the molecule is CCSC1(C(O)c2ccccc2Cl)OC(=O)C=C1OC. The van der Waals surface area contributed by atoms with Gasteiger partial charge >= 0.3 is 5.97 Å². The van der Waals surface area contributed by atoms with E-state index in [2.05, 4.69) is 0 Å². The average Bonchev–Trinajstić information content (AvgIpc) is 2.76. The molecular weight excluding hydrogens is 300 g/mol. The molecular formula is C14H15ClO4S. The van der Waals surface area contributed by atoms with Crippen LogP contribution in [0.3, 0.4) is 0 Å². The average molecular weight is 315 g/mol. The minimum Gasteiger partial charge on any atom is -0.495 e. The van der Waals surface area contributed by atoms with Crippen LogP contribution in [0, 0.1) is 0 Å². The predicted molar refractivity (Wildman–Crippen MR) is 78.5 cm³/mol. The molecule has 20 heavy (non-hydrogen) atoms. The van der Waals surface area contributed by atoms with E-state index in [0.29, 0.717) is 22.1 Å². The second-order valence-corrected chi connectivity index (χ2v) is 6.04. The number of hydrogen-bond acceptors (Lipinski definition) is 5. The van der Waals surface area contributed by atoms with Crippen molar-refractivity contribution in [1.82, 2.24) is 0 Å². The van der Waals surface area contributed by atoms with E-state index in [1.807, 2.05) is 6.92 Å². The molecule has 6 heteroatoms. The normalized spacial score (nSPS) is 23.2. The van der Waals surface area contributed by atoms with Crippen LogP contribution in [-0.4, -0.2) is 28.9 Å². The van der Waals surface area contributed by atoms with Crippen molar-refractivity contribution in [1.29, 1.82) is 0 Å². The maximum atomic E-state index is 11.6. The maximum absolute atomic E-state index is 11.6. The third-order valence-corrected chi connectivity index (χ3v) is 4.55. The van der Waals surface area contributed by atoms with Crippen molar-refractivity contribution in [3.63, 3.8) is 0 Å². The van der Waals surface area contributed by atoms with Crippen LogP contribution in [0.4, 0.5) is 0 Å². The van der Waals surface area contributed by atoms with Crippen LogP contribution in [0.2, 0.25) is 5.02 Å². The Bertz CT molecular complexity index is 546. The Balaban J connectivity index is 2.46. The van der Waals surface area contributed by atoms with Crippen molar-refractivity contribution in [2.45, 2.75) is 18.0 Å². The van der Waals surface area contributed by atoms with E-state index in [1.54, 1.807) is 24.3 Å². The van der Waals surface area contributed by atoms with Crippen molar-refractivity contribution in [3.8, 4) is 0 Å². The first-order chi connectivity index (χ1) is 9.55. The standard InChI is InChI=1S/C14H15ClO4S/c1-3-20-14(11(18-2)8-12(16)19-14)13(17)9-6-4-5-7-10(9)15/h4-8,13,17H,3H2,1-2H3. The predicted octanol–water partition coefficient (Wildman–Crippen LogP) is 2.91. The summed E-state index contributed by atoms with van der Waals surface area (Å²) >= 11 is 7.41. The fourth-order valence-corrected chi connectivity index (χ4v) is 3.50. The van der Waals surface area contributed by atoms with Crippen molar-refractivity contribution >= 4 is 29.3 Å². The molecule has 0 saturated heterocycles. The van der Waals surface area contributed by atoms with Gasteiger partial charge in [-0.3, -0.25) is 0 Å². The van der Waals surface area contributed by atoms with Gasteiger partial charge in [0.15, 0.2) is 5.76 Å². The van der Waals surface area contributed by atoms with Gasteiger partial charge in [-0.2, -0.15) is 0 Å². The number of carbonyl (C=O) groups excluding carboxylic acids is 1. The molecule has 1 aliphatic heterocycles. The highest BCUT2D eigenvalue weighted by Gasteiger charge is 2.52. The van der Waals surface area contributed by atoms with Gasteiger partial charge < -0.3 is 14.6 Å². The number of rotatable bonds is 5. The number of benzene rings is 1. The number of hydrogen-bond donors (Lipinski definition) is 1. The highest BCUT2D eigenvalue weighted by molar-refractivity contribution is 8.00. The molecule has 108 valence electrons. The van der Waals surface area contributed by atoms with E-state index in [0.717, 1.165) is 0 Å². The van der Waals surface area contributed by atoms with Crippen molar-refractivity contribution < 1.29 is 19.4 Å². The fourth-order valence-electron chi connectivity index (χ4n) is 2.12. The Morgan fingerprint density at radius 3 is 2.80 bits per heavy atom. The summed E-state index contributed by atoms with van der Waals surface area (Å²) in [7, 11) is 1.44. The molecule has 0 aromatic heterocycles. The third-order valence-electron chi connectivity index (χ3n) is 2.98. The third kappa shape index (κ3) is 2.53. The Morgan fingerprint density at radius 2 is 2.20 bits per heavy atom. The van der Waals surface area contributed by atoms with Crippen LogP contribution in [-0.2, 0) is 14.3 Å². The maximum Gasteiger partial charge on any atom is 0.336 e. The quantitative estimate of drug-likeness (QED) is 0.847. The number of methoxy groups -OCH3 is 1. The molecule has 1 aromatic carbocycles. The van der Waals surface area contributed by atoms with E-state index >= 15 is 0 Å². The minimum absolute atomic E-state index is 0.293. The van der Waals surface area contributed by atoms with Crippen LogP contribution >= 0.6 is 23.4 Å². The first-order valence-corrected chi connectivity index (χ1v) is 7.47. The topological polar surface area (TPSA) is 55.8 Å². The number of thioether (sulfide) groups is 1. The van der Waals surface area contributed by atoms with Crippen molar-refractivity contribution in [3.05, 3.63) is 46.7 Å². The zero-order chi connectivity index (χ0) is 14.8. The summed E-state index contributed by atoms with van der Waals surface area (Å²) in [5.41, 5.74) is 0.493. The summed E-state index contributed by atoms with van der Waals surface area (Å²) < 4.78 is 10.6. The number of carbonyl (C=O) groups is 1. The molecule has 0 amide bonds. The Morgan fingerprint density at radius 1 is 1.50 bits per heavy atom. The first-order valence-electron chi connectivity index (χ1n) is 6.10. The minimum atomic E-state index is -1.29. The molecule has 0 radical (unpaired) electrons. The molecule has 0 aliphatic carbocycles. The largest absolute Gasteiger partial charge is 0.495 e. The summed E-state index contributed by atoms with van der Waals surface area (Å²) in [5.74, 6) is 0.394. The van der Waals surface area contributed by atoms with Gasteiger partial charge in [-0.15, -0.1) is 11.8 Å². The van der Waals surface area contributed by atoms with Crippen LogP contribution in [0.1, 0.15) is 18.6 Å². The molecule has 2 rings (SSSR count). The van der Waals surface area contributed by atoms with Gasteiger partial charge in [-0.05, 0) is 11.8 Å². The van der Waals surface area contributed by atoms with Crippen molar-refractivity contribution in [2.24, 2.45) is 0 Å². The van der Waals surface area contributed by atoms with E-state index in [4.69, 9.17) is 21.1 Å². The summed E-state index contributed by atoms with van der Waals surface area (Å²) in [4.78, 5) is 10.3. The first kappa shape index (κ1) is 15.2. The molecule has 0 saturated carbocycles. The van der Waals surface area contributed by atoms with Crippen LogP contribution in [0.25, 0.3) is 0 Å². The number of ether oxygens (including phenoxy) is 2. The zero-order valence-electron chi connectivity index (χ0n) is 11.1. The molecule has 0 spiro atoms. The molecule has 4 nitrogen and oxygen atoms in total. The smallest absolute Gasteiger partial charge is 0.336 e. The number of halogens is 1. The second kappa shape index (κ2) is 6.08. The highest BCUT2D eigenvalue weighted by Crippen LogP contribution is 2.49. The van der Waals surface area contributed by atoms with Gasteiger partial charge in [-0.25, -0.2) is 4.79 Å². The van der Waals surface area contributed by atoms with Gasteiger partial charge in [0, 0.05) is 10.6 Å². The van der Waals surface area contributed by atoms with E-state index in [1.165, 1.54) is 24.9 Å². The van der Waals surface area contributed by atoms with E-state index < -0.39 is 17.0 Å². The molecule has 2 atom stereocenters. The Labute approximate surface area is 126 Å². The second-order valence-electron chi connectivity index (χ2n) is 4.16. The van der Waals surface area contributed by atoms with Gasteiger partial charge in [-0.1, -0.05) is 36.7 Å². The molecule has 1 aliphatic rings. The Hall–Kier alpha value is -1.17. The molecule has 0 fully saturated rings. The number of aliphatic hydroxyl groups is 1. The van der Waals surface area contributed by atoms with E-state index in [-0.39, 0.29) is 0 Å². The summed E-state index contributed by atoms with van der Waals surface area (Å²) in [6.07, 6.45) is 0.140. The van der Waals surface area contributed by atoms with Gasteiger partial charge in [0.25, 0.3) is 0 Å². The molecule has 0 bridgehead atoms. The lowest BCUT2D eigenvalue weighted by atomic mass is 10.0. The van der Waals surface area contributed by atoms with Crippen LogP contribution < -0.4 is 0 Å². The van der Waals surface area contributed by atoms with Gasteiger partial charge in [0.1, 0.15) is 6.10 Å². The summed E-state index contributed by atoms with van der Waals surface area (Å²) in [5, 5.41) is 11.1. The Kier molecular flexibility index (Phi) is 4.62. The van der Waals surface area contributed by atoms with E-state index in [9.17, 15) is 9.90 Å². The lowest BCUT2D eigenvalue weighted by molar-refractivity contribution is -0.147. The monoisotopic (exact) mass is 314 g/mol. The molecule has 1 N–H and O–H groups in total. The lowest BCUT2D eigenvalue weighted by Gasteiger charge is -2.33. The fraction of sp³-hybridized carbons (Fsp3) is 0.357. The van der Waals surface area contributed by atoms with Gasteiger partial charge in [0.2, 0.25) is 4.93 Å². The number of aliphatic hydroxyl groups excluding tert-OH is 1. The van der Waals surface area contributed by atoms with Gasteiger partial charge in [0.05, 0.1) is 13.2 Å². The lowest BCUT2D eigenvalue weighted by Crippen LogP contribution is -2.37. The molecule has 1 aromatic rings. The van der Waals surface area contributed by atoms with Crippen LogP contribution in [0.5, 0.6) is 0 Å². The summed E-state index contributed by atoms with van der Waals surface area (Å²) in [6, 6.07) is 6.91. The number of esters is 1. The molecule has 2 unspecified atom stereocenters. The molecule has 1 heterocycles. The summed E-state index contributed by atoms with van der Waals surface area (Å²) in [6.45, 7) is 1.91. The zero-order valence-corrected chi connectivity index (χ0v) is 12.7.